The Labute approximate surface area is 182 Å². The molecule has 0 bridgehead atoms. The fourth-order valence-corrected chi connectivity index (χ4v) is 3.72. The summed E-state index contributed by atoms with van der Waals surface area (Å²) >= 11 is 0. The van der Waals surface area contributed by atoms with Gasteiger partial charge in [0.05, 0.1) is 29.4 Å². The zero-order valence-corrected chi connectivity index (χ0v) is 17.5. The van der Waals surface area contributed by atoms with Gasteiger partial charge in [0.25, 0.3) is 5.91 Å². The first kappa shape index (κ1) is 21.0. The molecule has 31 heavy (non-hydrogen) atoms. The van der Waals surface area contributed by atoms with Crippen LogP contribution in [-0.2, 0) is 11.3 Å². The van der Waals surface area contributed by atoms with E-state index in [2.05, 4.69) is 26.5 Å². The fraction of sp³-hybridized carbons (Fsp3) is 0.375. The van der Waals surface area contributed by atoms with Crippen molar-refractivity contribution in [3.8, 4) is 6.07 Å². The Bertz CT molecular complexity index is 970. The van der Waals surface area contributed by atoms with Crippen LogP contribution in [0, 0.1) is 11.3 Å². The number of carbonyl (C=O) groups is 2. The van der Waals surface area contributed by atoms with Crippen molar-refractivity contribution in [2.75, 3.05) is 38.0 Å². The number of hydrogen-bond donors (Lipinski definition) is 2. The lowest BCUT2D eigenvalue weighted by atomic mass is 10.1. The Balaban J connectivity index is 1.25. The van der Waals surface area contributed by atoms with E-state index in [0.717, 1.165) is 45.6 Å². The van der Waals surface area contributed by atoms with Crippen LogP contribution in [-0.4, -0.2) is 60.4 Å². The SMILES string of the molecule is N#Cc1ccc(CN2CCN(CC(=O)Nc3ccccc3C(=O)NC3CC3)CC2)cc1. The molecule has 0 atom stereocenters. The molecule has 1 saturated heterocycles. The summed E-state index contributed by atoms with van der Waals surface area (Å²) in [6.07, 6.45) is 2.05. The first-order valence-electron chi connectivity index (χ1n) is 10.7. The second-order valence-electron chi connectivity index (χ2n) is 8.20. The van der Waals surface area contributed by atoms with Gasteiger partial charge in [0.15, 0.2) is 0 Å². The van der Waals surface area contributed by atoms with E-state index in [0.29, 0.717) is 23.4 Å². The standard InChI is InChI=1S/C24H27N5O2/c25-15-18-5-7-19(8-6-18)16-28-11-13-29(14-12-28)17-23(30)27-22-4-2-1-3-21(22)24(31)26-20-9-10-20/h1-8,20H,9-14,16-17H2,(H,26,31)(H,27,30). The monoisotopic (exact) mass is 417 g/mol. The third-order valence-corrected chi connectivity index (χ3v) is 5.68. The predicted octanol–water partition coefficient (Wildman–Crippen LogP) is 2.21. The summed E-state index contributed by atoms with van der Waals surface area (Å²) in [5, 5.41) is 14.8. The molecule has 1 heterocycles. The van der Waals surface area contributed by atoms with Gasteiger partial charge in [-0.1, -0.05) is 24.3 Å². The Morgan fingerprint density at radius 3 is 2.32 bits per heavy atom. The van der Waals surface area contributed by atoms with Crippen LogP contribution in [0.25, 0.3) is 0 Å². The number of piperazine rings is 1. The lowest BCUT2D eigenvalue weighted by molar-refractivity contribution is -0.117. The van der Waals surface area contributed by atoms with E-state index in [4.69, 9.17) is 5.26 Å². The summed E-state index contributed by atoms with van der Waals surface area (Å²) in [6, 6.07) is 17.2. The second kappa shape index (κ2) is 9.73. The summed E-state index contributed by atoms with van der Waals surface area (Å²) in [4.78, 5) is 29.5. The van der Waals surface area contributed by atoms with Crippen molar-refractivity contribution in [1.82, 2.24) is 15.1 Å². The molecule has 2 aliphatic rings. The smallest absolute Gasteiger partial charge is 0.253 e. The maximum absolute atomic E-state index is 12.6. The van der Waals surface area contributed by atoms with Crippen LogP contribution in [0.4, 0.5) is 5.69 Å². The first-order chi connectivity index (χ1) is 15.1. The number of amides is 2. The minimum Gasteiger partial charge on any atom is -0.349 e. The van der Waals surface area contributed by atoms with Gasteiger partial charge in [0, 0.05) is 38.8 Å². The van der Waals surface area contributed by atoms with Crippen LogP contribution < -0.4 is 10.6 Å². The molecule has 2 fully saturated rings. The maximum atomic E-state index is 12.6. The third-order valence-electron chi connectivity index (χ3n) is 5.68. The molecule has 0 spiro atoms. The van der Waals surface area contributed by atoms with Crippen LogP contribution in [0.5, 0.6) is 0 Å². The highest BCUT2D eigenvalue weighted by atomic mass is 16.2. The van der Waals surface area contributed by atoms with E-state index in [1.54, 1.807) is 12.1 Å². The number of anilines is 1. The van der Waals surface area contributed by atoms with Crippen LogP contribution in [0.15, 0.2) is 48.5 Å². The molecule has 4 rings (SSSR count). The van der Waals surface area contributed by atoms with Crippen molar-refractivity contribution in [3.05, 3.63) is 65.2 Å². The Hall–Kier alpha value is -3.21. The van der Waals surface area contributed by atoms with Crippen LogP contribution >= 0.6 is 0 Å². The molecule has 7 heteroatoms. The summed E-state index contributed by atoms with van der Waals surface area (Å²) < 4.78 is 0. The van der Waals surface area contributed by atoms with E-state index in [9.17, 15) is 9.59 Å². The normalized spacial score (nSPS) is 17.0. The first-order valence-corrected chi connectivity index (χ1v) is 10.7. The second-order valence-corrected chi connectivity index (χ2v) is 8.20. The predicted molar refractivity (Wildman–Crippen MR) is 118 cm³/mol. The Morgan fingerprint density at radius 2 is 1.65 bits per heavy atom. The molecule has 2 amide bonds. The van der Waals surface area contributed by atoms with Crippen molar-refractivity contribution in [1.29, 1.82) is 5.26 Å². The number of hydrogen-bond acceptors (Lipinski definition) is 5. The van der Waals surface area contributed by atoms with E-state index in [-0.39, 0.29) is 17.9 Å². The number of carbonyl (C=O) groups excluding carboxylic acids is 2. The summed E-state index contributed by atoms with van der Waals surface area (Å²) in [6.45, 7) is 4.54. The van der Waals surface area contributed by atoms with Crippen molar-refractivity contribution < 1.29 is 9.59 Å². The number of nitrogens with one attached hydrogen (secondary N) is 2. The van der Waals surface area contributed by atoms with E-state index in [1.807, 2.05) is 36.4 Å². The van der Waals surface area contributed by atoms with Gasteiger partial charge < -0.3 is 10.6 Å². The summed E-state index contributed by atoms with van der Waals surface area (Å²) in [7, 11) is 0. The largest absolute Gasteiger partial charge is 0.349 e. The van der Waals surface area contributed by atoms with Gasteiger partial charge in [0.2, 0.25) is 5.91 Å². The number of rotatable bonds is 7. The van der Waals surface area contributed by atoms with Gasteiger partial charge in [-0.25, -0.2) is 0 Å². The molecule has 2 N–H and O–H groups in total. The Kier molecular flexibility index (Phi) is 6.60. The molecule has 2 aromatic carbocycles. The van der Waals surface area contributed by atoms with Gasteiger partial charge >= 0.3 is 0 Å². The number of nitriles is 1. The maximum Gasteiger partial charge on any atom is 0.253 e. The highest BCUT2D eigenvalue weighted by Crippen LogP contribution is 2.21. The highest BCUT2D eigenvalue weighted by molar-refractivity contribution is 6.04. The minimum atomic E-state index is -0.130. The molecular formula is C24H27N5O2. The fourth-order valence-electron chi connectivity index (χ4n) is 3.72. The average Bonchev–Trinajstić information content (AvgIpc) is 3.60. The molecule has 0 unspecified atom stereocenters. The van der Waals surface area contributed by atoms with Crippen LogP contribution in [0.1, 0.15) is 34.3 Å². The summed E-state index contributed by atoms with van der Waals surface area (Å²) in [5.74, 6) is -0.234. The van der Waals surface area contributed by atoms with Gasteiger partial charge in [-0.2, -0.15) is 5.26 Å². The van der Waals surface area contributed by atoms with Gasteiger partial charge in [-0.3, -0.25) is 19.4 Å². The average molecular weight is 418 g/mol. The highest BCUT2D eigenvalue weighted by Gasteiger charge is 2.25. The van der Waals surface area contributed by atoms with E-state index in [1.165, 1.54) is 5.56 Å². The van der Waals surface area contributed by atoms with Gasteiger partial charge in [-0.15, -0.1) is 0 Å². The lowest BCUT2D eigenvalue weighted by Crippen LogP contribution is -2.48. The molecular weight excluding hydrogens is 390 g/mol. The number of para-hydroxylation sites is 1. The lowest BCUT2D eigenvalue weighted by Gasteiger charge is -2.34. The van der Waals surface area contributed by atoms with Crippen molar-refractivity contribution >= 4 is 17.5 Å². The molecule has 1 aliphatic heterocycles. The minimum absolute atomic E-state index is 0.104. The van der Waals surface area contributed by atoms with Crippen LogP contribution in [0.2, 0.25) is 0 Å². The van der Waals surface area contributed by atoms with Crippen LogP contribution in [0.3, 0.4) is 0 Å². The summed E-state index contributed by atoms with van der Waals surface area (Å²) in [5.41, 5.74) is 2.93. The molecule has 7 nitrogen and oxygen atoms in total. The van der Waals surface area contributed by atoms with Crippen molar-refractivity contribution in [2.45, 2.75) is 25.4 Å². The van der Waals surface area contributed by atoms with Gasteiger partial charge in [-0.05, 0) is 42.7 Å². The molecule has 2 aromatic rings. The number of benzene rings is 2. The van der Waals surface area contributed by atoms with E-state index < -0.39 is 0 Å². The molecule has 0 radical (unpaired) electrons. The number of nitrogens with zero attached hydrogens (tertiary/aromatic N) is 3. The Morgan fingerprint density at radius 1 is 0.968 bits per heavy atom. The van der Waals surface area contributed by atoms with Crippen molar-refractivity contribution in [2.24, 2.45) is 0 Å². The molecule has 160 valence electrons. The van der Waals surface area contributed by atoms with E-state index >= 15 is 0 Å². The zero-order chi connectivity index (χ0) is 21.6. The molecule has 1 saturated carbocycles. The molecule has 1 aliphatic carbocycles. The quantitative estimate of drug-likeness (QED) is 0.721. The van der Waals surface area contributed by atoms with Gasteiger partial charge in [0.1, 0.15) is 0 Å². The topological polar surface area (TPSA) is 88.5 Å². The zero-order valence-electron chi connectivity index (χ0n) is 17.5. The third kappa shape index (κ3) is 5.91. The van der Waals surface area contributed by atoms with Crippen molar-refractivity contribution in [3.63, 3.8) is 0 Å². The molecule has 0 aromatic heterocycles.